The Morgan fingerprint density at radius 2 is 1.42 bits per heavy atom. The number of thioether (sulfide) groups is 1. The van der Waals surface area contributed by atoms with Crippen molar-refractivity contribution < 1.29 is 33.2 Å². The second-order valence-corrected chi connectivity index (χ2v) is 15.5. The number of benzene rings is 4. The summed E-state index contributed by atoms with van der Waals surface area (Å²) in [6.45, 7) is 1.76. The summed E-state index contributed by atoms with van der Waals surface area (Å²) in [5.41, 5.74) is 6.76. The Morgan fingerprint density at radius 3 is 2.15 bits per heavy atom. The van der Waals surface area contributed by atoms with Crippen molar-refractivity contribution in [2.75, 3.05) is 54.3 Å². The zero-order valence-electron chi connectivity index (χ0n) is 30.5. The quantitative estimate of drug-likeness (QED) is 0.150. The first kappa shape index (κ1) is 34.7. The number of hydrogen-bond acceptors (Lipinski definition) is 10. The highest BCUT2D eigenvalue weighted by atomic mass is 32.2. The van der Waals surface area contributed by atoms with Gasteiger partial charge >= 0.3 is 5.97 Å². The summed E-state index contributed by atoms with van der Waals surface area (Å²) in [5.74, 6) is 5.22. The molecular weight excluding hydrogens is 677 g/mol. The third-order valence-corrected chi connectivity index (χ3v) is 12.4. The topological polar surface area (TPSA) is 78.9 Å². The molecule has 0 aromatic heterocycles. The minimum atomic E-state index is -0.275. The molecule has 9 rings (SSSR count). The molecule has 1 saturated heterocycles. The van der Waals surface area contributed by atoms with Crippen LogP contribution in [0.4, 0.5) is 0 Å². The van der Waals surface area contributed by atoms with Gasteiger partial charge in [-0.15, -0.1) is 11.8 Å². The zero-order chi connectivity index (χ0) is 35.9. The molecule has 52 heavy (non-hydrogen) atoms. The third kappa shape index (κ3) is 6.57. The maximum absolute atomic E-state index is 13.7. The molecule has 3 atom stereocenters. The van der Waals surface area contributed by atoms with Gasteiger partial charge in [0.25, 0.3) is 0 Å². The van der Waals surface area contributed by atoms with Crippen molar-refractivity contribution in [1.29, 1.82) is 0 Å². The number of nitrogens with zero attached hydrogens (tertiary/aromatic N) is 2. The molecule has 0 aliphatic carbocycles. The summed E-state index contributed by atoms with van der Waals surface area (Å²) in [4.78, 5) is 18.5. The van der Waals surface area contributed by atoms with Crippen molar-refractivity contribution in [1.82, 2.24) is 9.80 Å². The lowest BCUT2D eigenvalue weighted by molar-refractivity contribution is -0.134. The number of methoxy groups -OCH3 is 3. The van der Waals surface area contributed by atoms with Gasteiger partial charge in [0.15, 0.2) is 34.5 Å². The molecule has 1 fully saturated rings. The molecule has 10 heteroatoms. The summed E-state index contributed by atoms with van der Waals surface area (Å²) in [6, 6.07) is 20.7. The fourth-order valence-corrected chi connectivity index (χ4v) is 9.24. The molecule has 5 heterocycles. The van der Waals surface area contributed by atoms with Crippen LogP contribution in [0.5, 0.6) is 46.0 Å². The van der Waals surface area contributed by atoms with Crippen molar-refractivity contribution >= 4 is 17.7 Å². The molecule has 4 aromatic carbocycles. The first-order chi connectivity index (χ1) is 25.3. The number of rotatable bonds is 5. The molecule has 9 nitrogen and oxygen atoms in total. The maximum atomic E-state index is 13.7. The predicted octanol–water partition coefficient (Wildman–Crippen LogP) is 7.95. The number of carbonyl (C=O) groups excluding carboxylic acids is 1. The number of carbonyl (C=O) groups is 1. The molecule has 5 aliphatic rings. The first-order valence-corrected chi connectivity index (χ1v) is 19.2. The highest BCUT2D eigenvalue weighted by Crippen LogP contribution is 2.52. The Hall–Kier alpha value is -4.38. The third-order valence-electron chi connectivity index (χ3n) is 11.0. The fraction of sp³-hybridized carbons (Fsp3) is 0.405. The molecule has 0 saturated carbocycles. The van der Waals surface area contributed by atoms with Crippen LogP contribution < -0.4 is 28.4 Å². The van der Waals surface area contributed by atoms with Crippen LogP contribution in [-0.4, -0.2) is 75.3 Å². The summed E-state index contributed by atoms with van der Waals surface area (Å²) in [6.07, 6.45) is 4.90. The van der Waals surface area contributed by atoms with E-state index in [2.05, 4.69) is 60.3 Å². The van der Waals surface area contributed by atoms with Gasteiger partial charge in [-0.25, -0.2) is 0 Å². The zero-order valence-corrected chi connectivity index (χ0v) is 31.3. The van der Waals surface area contributed by atoms with E-state index in [4.69, 9.17) is 28.4 Å². The number of likely N-dealkylation sites (N-methyl/N-ethyl adjacent to an activating group) is 2. The molecule has 1 unspecified atom stereocenters. The molecular formula is C42H46N2O7S. The van der Waals surface area contributed by atoms with Crippen LogP contribution in [0.1, 0.15) is 58.3 Å². The molecule has 0 N–H and O–H groups in total. The van der Waals surface area contributed by atoms with Crippen LogP contribution in [0.15, 0.2) is 60.7 Å². The lowest BCUT2D eigenvalue weighted by Gasteiger charge is -2.37. The molecule has 0 spiro atoms. The van der Waals surface area contributed by atoms with Crippen molar-refractivity contribution in [3.8, 4) is 46.0 Å². The normalized spacial score (nSPS) is 21.2. The van der Waals surface area contributed by atoms with Gasteiger partial charge in [0.05, 0.1) is 21.3 Å². The van der Waals surface area contributed by atoms with Crippen molar-refractivity contribution in [3.05, 3.63) is 94.0 Å². The van der Waals surface area contributed by atoms with Crippen molar-refractivity contribution in [2.45, 2.75) is 55.9 Å². The van der Waals surface area contributed by atoms with Crippen molar-refractivity contribution in [3.63, 3.8) is 0 Å². The number of hydrogen-bond donors (Lipinski definition) is 0. The molecule has 272 valence electrons. The Labute approximate surface area is 310 Å². The minimum Gasteiger partial charge on any atom is -0.493 e. The van der Waals surface area contributed by atoms with Crippen LogP contribution in [0, 0.1) is 0 Å². The van der Waals surface area contributed by atoms with Crippen LogP contribution in [0.25, 0.3) is 0 Å². The highest BCUT2D eigenvalue weighted by molar-refractivity contribution is 8.00. The maximum Gasteiger partial charge on any atom is 0.324 e. The van der Waals surface area contributed by atoms with E-state index >= 15 is 0 Å². The Balaban J connectivity index is 1.35. The van der Waals surface area contributed by atoms with E-state index in [1.165, 1.54) is 16.7 Å². The van der Waals surface area contributed by atoms with Gasteiger partial charge in [-0.05, 0) is 129 Å². The second kappa shape index (κ2) is 14.6. The highest BCUT2D eigenvalue weighted by Gasteiger charge is 2.37. The van der Waals surface area contributed by atoms with E-state index in [9.17, 15) is 4.79 Å². The molecule has 4 aromatic rings. The number of esters is 1. The van der Waals surface area contributed by atoms with Gasteiger partial charge in [-0.1, -0.05) is 18.2 Å². The Bertz CT molecular complexity index is 1980. The minimum absolute atomic E-state index is 0.106. The fourth-order valence-electron chi connectivity index (χ4n) is 8.11. The van der Waals surface area contributed by atoms with Crippen molar-refractivity contribution in [2.24, 2.45) is 0 Å². The monoisotopic (exact) mass is 722 g/mol. The van der Waals surface area contributed by atoms with E-state index in [1.807, 2.05) is 24.3 Å². The van der Waals surface area contributed by atoms with Crippen LogP contribution >= 0.6 is 11.8 Å². The second-order valence-electron chi connectivity index (χ2n) is 14.2. The SMILES string of the molecule is COc1ccc2cc1Oc1ccc(cc1)C[C@H]1c3cc(c(OC)cc3CCN1C)Oc1c(OC(=O)C3CCCS3)c(OC)cc3c1[C@H](C2)N(C)CC3. The molecule has 5 aliphatic heterocycles. The predicted molar refractivity (Wildman–Crippen MR) is 202 cm³/mol. The average molecular weight is 723 g/mol. The smallest absolute Gasteiger partial charge is 0.324 e. The van der Waals surface area contributed by atoms with Gasteiger partial charge in [0, 0.05) is 30.7 Å². The van der Waals surface area contributed by atoms with E-state index in [0.717, 1.165) is 73.4 Å². The lowest BCUT2D eigenvalue weighted by atomic mass is 9.87. The number of fused-ring (bicyclic) bond motifs is 2. The molecule has 6 bridgehead atoms. The first-order valence-electron chi connectivity index (χ1n) is 18.1. The lowest BCUT2D eigenvalue weighted by Crippen LogP contribution is -2.34. The van der Waals surface area contributed by atoms with E-state index < -0.39 is 0 Å². The van der Waals surface area contributed by atoms with E-state index in [-0.39, 0.29) is 23.3 Å². The van der Waals surface area contributed by atoms with Crippen LogP contribution in [0.3, 0.4) is 0 Å². The Kier molecular flexibility index (Phi) is 9.72. The van der Waals surface area contributed by atoms with Gasteiger partial charge < -0.3 is 28.4 Å². The van der Waals surface area contributed by atoms with Crippen LogP contribution in [0.2, 0.25) is 0 Å². The molecule has 0 radical (unpaired) electrons. The van der Waals surface area contributed by atoms with E-state index in [1.54, 1.807) is 33.1 Å². The largest absolute Gasteiger partial charge is 0.493 e. The number of ether oxygens (including phenoxy) is 6. The van der Waals surface area contributed by atoms with Gasteiger partial charge in [-0.3, -0.25) is 14.6 Å². The van der Waals surface area contributed by atoms with Gasteiger partial charge in [0.2, 0.25) is 5.75 Å². The molecule has 0 amide bonds. The van der Waals surface area contributed by atoms with Gasteiger partial charge in [-0.2, -0.15) is 0 Å². The van der Waals surface area contributed by atoms with E-state index in [0.29, 0.717) is 46.7 Å². The summed E-state index contributed by atoms with van der Waals surface area (Å²) in [7, 11) is 9.28. The van der Waals surface area contributed by atoms with Crippen LogP contribution in [-0.2, 0) is 30.5 Å². The average Bonchev–Trinajstić information content (AvgIpc) is 3.71. The van der Waals surface area contributed by atoms with Gasteiger partial charge in [0.1, 0.15) is 11.0 Å². The summed E-state index contributed by atoms with van der Waals surface area (Å²) in [5, 5.41) is -0.230. The Morgan fingerprint density at radius 1 is 0.750 bits per heavy atom. The summed E-state index contributed by atoms with van der Waals surface area (Å²) >= 11 is 1.64. The standard InChI is InChI=1S/C42H46N2O7S/c1-43-16-14-27-22-34(47-4)36-24-30(27)31(43)19-25-8-11-29(12-9-25)49-35-21-26(10-13-33(35)46-3)20-32-39-28(15-17-44(32)2)23-37(48-5)40(41(39)50-36)51-42(45)38-7-6-18-52-38/h8-13,21-24,31-32,38H,6-7,14-20H2,1-5H3/t31-,32-,38?/m0/s1. The summed E-state index contributed by atoms with van der Waals surface area (Å²) < 4.78 is 37.8.